The van der Waals surface area contributed by atoms with Crippen LogP contribution in [0.1, 0.15) is 12.7 Å². The number of ether oxygens (including phenoxy) is 2. The number of aryl methyl sites for hydroxylation is 1. The number of hydrogen-bond acceptors (Lipinski definition) is 4. The summed E-state index contributed by atoms with van der Waals surface area (Å²) in [6.45, 7) is 3.03. The van der Waals surface area contributed by atoms with Gasteiger partial charge in [-0.15, -0.1) is 0 Å². The van der Waals surface area contributed by atoms with E-state index in [2.05, 4.69) is 16.9 Å². The summed E-state index contributed by atoms with van der Waals surface area (Å²) in [5.74, 6) is 2.58. The van der Waals surface area contributed by atoms with Gasteiger partial charge >= 0.3 is 0 Å². The van der Waals surface area contributed by atoms with Crippen LogP contribution < -0.4 is 15.2 Å². The van der Waals surface area contributed by atoms with Gasteiger partial charge in [0.15, 0.2) is 0 Å². The number of fused-ring (bicyclic) bond motifs is 1. The van der Waals surface area contributed by atoms with E-state index in [0.29, 0.717) is 13.2 Å². The zero-order valence-corrected chi connectivity index (χ0v) is 12.5. The number of aromatic amines is 1. The first kappa shape index (κ1) is 14.3. The van der Waals surface area contributed by atoms with Crippen molar-refractivity contribution >= 4 is 16.7 Å². The molecular formula is C17H19N3O2. The van der Waals surface area contributed by atoms with Gasteiger partial charge < -0.3 is 20.2 Å². The van der Waals surface area contributed by atoms with Crippen LogP contribution in [-0.2, 0) is 6.42 Å². The molecule has 0 saturated carbocycles. The number of nitrogen functional groups attached to an aromatic ring is 1. The smallest absolute Gasteiger partial charge is 0.122 e. The van der Waals surface area contributed by atoms with Crippen molar-refractivity contribution in [3.63, 3.8) is 0 Å². The van der Waals surface area contributed by atoms with Gasteiger partial charge in [-0.3, -0.25) is 0 Å². The van der Waals surface area contributed by atoms with E-state index in [0.717, 1.165) is 40.5 Å². The van der Waals surface area contributed by atoms with E-state index in [1.807, 2.05) is 42.5 Å². The molecule has 114 valence electrons. The molecule has 0 aliphatic rings. The Morgan fingerprint density at radius 1 is 1.00 bits per heavy atom. The average Bonchev–Trinajstić information content (AvgIpc) is 2.95. The van der Waals surface area contributed by atoms with Crippen LogP contribution in [-0.4, -0.2) is 23.2 Å². The summed E-state index contributed by atoms with van der Waals surface area (Å²) < 4.78 is 11.3. The molecule has 0 aliphatic carbocycles. The first-order valence-corrected chi connectivity index (χ1v) is 7.34. The minimum absolute atomic E-state index is 0.477. The SMILES string of the molecule is CCc1nc2ccc(OCCOc3ccc(N)cc3)cc2[nH]1. The van der Waals surface area contributed by atoms with Gasteiger partial charge in [0.05, 0.1) is 11.0 Å². The van der Waals surface area contributed by atoms with Gasteiger partial charge in [0.1, 0.15) is 30.5 Å². The molecule has 2 aromatic carbocycles. The number of hydrogen-bond donors (Lipinski definition) is 2. The van der Waals surface area contributed by atoms with Crippen LogP contribution in [0.3, 0.4) is 0 Å². The molecule has 5 nitrogen and oxygen atoms in total. The third-order valence-corrected chi connectivity index (χ3v) is 3.34. The van der Waals surface area contributed by atoms with E-state index in [9.17, 15) is 0 Å². The number of nitrogens with two attached hydrogens (primary N) is 1. The van der Waals surface area contributed by atoms with Crippen molar-refractivity contribution in [2.75, 3.05) is 18.9 Å². The molecular weight excluding hydrogens is 278 g/mol. The Balaban J connectivity index is 1.53. The Labute approximate surface area is 129 Å². The van der Waals surface area contributed by atoms with Crippen molar-refractivity contribution in [1.29, 1.82) is 0 Å². The minimum atomic E-state index is 0.477. The molecule has 3 aromatic rings. The molecule has 1 aromatic heterocycles. The number of rotatable bonds is 6. The van der Waals surface area contributed by atoms with Crippen LogP contribution in [0.5, 0.6) is 11.5 Å². The summed E-state index contributed by atoms with van der Waals surface area (Å²) in [5.41, 5.74) is 8.31. The Morgan fingerprint density at radius 3 is 2.41 bits per heavy atom. The maximum absolute atomic E-state index is 5.70. The Kier molecular flexibility index (Phi) is 4.14. The van der Waals surface area contributed by atoms with Crippen LogP contribution >= 0.6 is 0 Å². The van der Waals surface area contributed by atoms with Crippen molar-refractivity contribution in [2.24, 2.45) is 0 Å². The third-order valence-electron chi connectivity index (χ3n) is 3.34. The molecule has 0 unspecified atom stereocenters. The van der Waals surface area contributed by atoms with E-state index in [1.165, 1.54) is 0 Å². The van der Waals surface area contributed by atoms with Crippen molar-refractivity contribution < 1.29 is 9.47 Å². The van der Waals surface area contributed by atoms with Crippen molar-refractivity contribution in [2.45, 2.75) is 13.3 Å². The van der Waals surface area contributed by atoms with E-state index in [-0.39, 0.29) is 0 Å². The molecule has 1 heterocycles. The van der Waals surface area contributed by atoms with Crippen LogP contribution in [0.25, 0.3) is 11.0 Å². The predicted molar refractivity (Wildman–Crippen MR) is 87.3 cm³/mol. The maximum Gasteiger partial charge on any atom is 0.122 e. The Hall–Kier alpha value is -2.69. The molecule has 5 heteroatoms. The van der Waals surface area contributed by atoms with Gasteiger partial charge in [-0.1, -0.05) is 6.92 Å². The van der Waals surface area contributed by atoms with Crippen LogP contribution in [0.4, 0.5) is 5.69 Å². The zero-order valence-electron chi connectivity index (χ0n) is 12.5. The Morgan fingerprint density at radius 2 is 1.68 bits per heavy atom. The lowest BCUT2D eigenvalue weighted by Crippen LogP contribution is -2.08. The lowest BCUT2D eigenvalue weighted by molar-refractivity contribution is 0.217. The van der Waals surface area contributed by atoms with Gasteiger partial charge in [-0.2, -0.15) is 0 Å². The van der Waals surface area contributed by atoms with Gasteiger partial charge in [-0.25, -0.2) is 4.98 Å². The highest BCUT2D eigenvalue weighted by atomic mass is 16.5. The molecule has 0 fully saturated rings. The fourth-order valence-electron chi connectivity index (χ4n) is 2.18. The highest BCUT2D eigenvalue weighted by molar-refractivity contribution is 5.76. The van der Waals surface area contributed by atoms with E-state index >= 15 is 0 Å². The number of anilines is 1. The molecule has 0 amide bonds. The second-order valence-electron chi connectivity index (χ2n) is 4.98. The van der Waals surface area contributed by atoms with Crippen LogP contribution in [0, 0.1) is 0 Å². The van der Waals surface area contributed by atoms with E-state index in [1.54, 1.807) is 0 Å². The van der Waals surface area contributed by atoms with Gasteiger partial charge in [-0.05, 0) is 36.4 Å². The van der Waals surface area contributed by atoms with Gasteiger partial charge in [0.25, 0.3) is 0 Å². The maximum atomic E-state index is 5.70. The normalized spacial score (nSPS) is 10.8. The second-order valence-corrected chi connectivity index (χ2v) is 4.98. The van der Waals surface area contributed by atoms with Gasteiger partial charge in [0.2, 0.25) is 0 Å². The first-order chi connectivity index (χ1) is 10.7. The van der Waals surface area contributed by atoms with Crippen molar-refractivity contribution in [3.8, 4) is 11.5 Å². The van der Waals surface area contributed by atoms with E-state index < -0.39 is 0 Å². The number of nitrogens with one attached hydrogen (secondary N) is 1. The second kappa shape index (κ2) is 6.39. The summed E-state index contributed by atoms with van der Waals surface area (Å²) >= 11 is 0. The van der Waals surface area contributed by atoms with Gasteiger partial charge in [0, 0.05) is 18.2 Å². The number of nitrogens with zero attached hydrogens (tertiary/aromatic N) is 1. The monoisotopic (exact) mass is 297 g/mol. The number of benzene rings is 2. The predicted octanol–water partition coefficient (Wildman–Crippen LogP) is 3.17. The molecule has 3 N–H and O–H groups in total. The molecule has 22 heavy (non-hydrogen) atoms. The summed E-state index contributed by atoms with van der Waals surface area (Å²) in [6, 6.07) is 13.2. The summed E-state index contributed by atoms with van der Waals surface area (Å²) in [7, 11) is 0. The highest BCUT2D eigenvalue weighted by Crippen LogP contribution is 2.19. The fraction of sp³-hybridized carbons (Fsp3) is 0.235. The number of H-pyrrole nitrogens is 1. The topological polar surface area (TPSA) is 73.2 Å². The Bertz CT molecular complexity index is 750. The molecule has 0 bridgehead atoms. The average molecular weight is 297 g/mol. The summed E-state index contributed by atoms with van der Waals surface area (Å²) in [6.07, 6.45) is 0.889. The molecule has 3 rings (SSSR count). The number of aromatic nitrogens is 2. The zero-order chi connectivity index (χ0) is 15.4. The molecule has 0 saturated heterocycles. The summed E-state index contributed by atoms with van der Waals surface area (Å²) in [5, 5.41) is 0. The van der Waals surface area contributed by atoms with Crippen LogP contribution in [0.2, 0.25) is 0 Å². The van der Waals surface area contributed by atoms with Crippen LogP contribution in [0.15, 0.2) is 42.5 Å². The third kappa shape index (κ3) is 3.31. The largest absolute Gasteiger partial charge is 0.490 e. The molecule has 0 radical (unpaired) electrons. The molecule has 0 aliphatic heterocycles. The molecule has 0 atom stereocenters. The summed E-state index contributed by atoms with van der Waals surface area (Å²) in [4.78, 5) is 7.74. The minimum Gasteiger partial charge on any atom is -0.490 e. The number of imidazole rings is 1. The quantitative estimate of drug-likeness (QED) is 0.541. The first-order valence-electron chi connectivity index (χ1n) is 7.34. The van der Waals surface area contributed by atoms with Crippen molar-refractivity contribution in [1.82, 2.24) is 9.97 Å². The standard InChI is InChI=1S/C17H19N3O2/c1-2-17-19-15-8-7-14(11-16(15)20-17)22-10-9-21-13-5-3-12(18)4-6-13/h3-8,11H,2,9-10,18H2,1H3,(H,19,20). The lowest BCUT2D eigenvalue weighted by Gasteiger charge is -2.08. The molecule has 0 spiro atoms. The van der Waals surface area contributed by atoms with E-state index in [4.69, 9.17) is 15.2 Å². The van der Waals surface area contributed by atoms with Crippen molar-refractivity contribution in [3.05, 3.63) is 48.3 Å². The fourth-order valence-corrected chi connectivity index (χ4v) is 2.18. The highest BCUT2D eigenvalue weighted by Gasteiger charge is 2.03. The lowest BCUT2D eigenvalue weighted by atomic mass is 10.3.